The zero-order valence-electron chi connectivity index (χ0n) is 10.9. The van der Waals surface area contributed by atoms with Gasteiger partial charge in [0.15, 0.2) is 10.8 Å². The van der Waals surface area contributed by atoms with Gasteiger partial charge < -0.3 is 16.0 Å². The highest BCUT2D eigenvalue weighted by molar-refractivity contribution is 6.29. The largest absolute Gasteiger partial charge is 0.352 e. The SMILES string of the molecule is NC(=O)NCC1CCCN(C(=O)c2ccc(Cl)nn2)C1. The van der Waals surface area contributed by atoms with Crippen LogP contribution in [0.15, 0.2) is 12.1 Å². The van der Waals surface area contributed by atoms with Crippen LogP contribution >= 0.6 is 11.6 Å². The molecule has 3 N–H and O–H groups in total. The number of nitrogens with zero attached hydrogens (tertiary/aromatic N) is 3. The van der Waals surface area contributed by atoms with Crippen LogP contribution in [0, 0.1) is 5.92 Å². The molecule has 1 atom stereocenters. The molecule has 0 saturated carbocycles. The third-order valence-electron chi connectivity index (χ3n) is 3.22. The number of hydrogen-bond donors (Lipinski definition) is 2. The van der Waals surface area contributed by atoms with Gasteiger partial charge in [0, 0.05) is 19.6 Å². The molecule has 1 aliphatic rings. The summed E-state index contributed by atoms with van der Waals surface area (Å²) in [5.74, 6) is 0.0402. The molecular weight excluding hydrogens is 282 g/mol. The minimum absolute atomic E-state index is 0.169. The predicted molar refractivity (Wildman–Crippen MR) is 73.3 cm³/mol. The van der Waals surface area contributed by atoms with Gasteiger partial charge in [0.2, 0.25) is 0 Å². The average molecular weight is 298 g/mol. The van der Waals surface area contributed by atoms with Crippen LogP contribution in [-0.2, 0) is 0 Å². The second kappa shape index (κ2) is 6.51. The van der Waals surface area contributed by atoms with Crippen LogP contribution in [0.1, 0.15) is 23.3 Å². The topological polar surface area (TPSA) is 101 Å². The van der Waals surface area contributed by atoms with Crippen molar-refractivity contribution in [2.45, 2.75) is 12.8 Å². The molecule has 0 spiro atoms. The lowest BCUT2D eigenvalue weighted by Crippen LogP contribution is -2.44. The standard InChI is InChI=1S/C12H16ClN5O2/c13-10-4-3-9(16-17-10)11(19)18-5-1-2-8(7-18)6-15-12(14)20/h3-4,8H,1-2,5-7H2,(H3,14,15,20). The fourth-order valence-corrected chi connectivity index (χ4v) is 2.35. The highest BCUT2D eigenvalue weighted by Gasteiger charge is 2.25. The summed E-state index contributed by atoms with van der Waals surface area (Å²) >= 11 is 5.65. The van der Waals surface area contributed by atoms with E-state index >= 15 is 0 Å². The third-order valence-corrected chi connectivity index (χ3v) is 3.42. The fraction of sp³-hybridized carbons (Fsp3) is 0.500. The van der Waals surface area contributed by atoms with Gasteiger partial charge in [0.05, 0.1) is 0 Å². The summed E-state index contributed by atoms with van der Waals surface area (Å²) < 4.78 is 0. The first-order valence-electron chi connectivity index (χ1n) is 6.38. The molecule has 1 aromatic heterocycles. The lowest BCUT2D eigenvalue weighted by molar-refractivity contribution is 0.0668. The van der Waals surface area contributed by atoms with Gasteiger partial charge in [-0.05, 0) is 30.9 Å². The second-order valence-electron chi connectivity index (χ2n) is 4.75. The van der Waals surface area contributed by atoms with Crippen molar-refractivity contribution < 1.29 is 9.59 Å². The smallest absolute Gasteiger partial charge is 0.312 e. The van der Waals surface area contributed by atoms with E-state index in [1.165, 1.54) is 6.07 Å². The summed E-state index contributed by atoms with van der Waals surface area (Å²) in [6.07, 6.45) is 1.84. The van der Waals surface area contributed by atoms with E-state index in [0.717, 1.165) is 12.8 Å². The molecule has 2 heterocycles. The number of nitrogens with one attached hydrogen (secondary N) is 1. The summed E-state index contributed by atoms with van der Waals surface area (Å²) in [7, 11) is 0. The second-order valence-corrected chi connectivity index (χ2v) is 5.13. The van der Waals surface area contributed by atoms with Crippen LogP contribution in [0.25, 0.3) is 0 Å². The van der Waals surface area contributed by atoms with E-state index in [-0.39, 0.29) is 22.7 Å². The highest BCUT2D eigenvalue weighted by atomic mass is 35.5. The maximum atomic E-state index is 12.3. The maximum absolute atomic E-state index is 12.3. The quantitative estimate of drug-likeness (QED) is 0.855. The first-order chi connectivity index (χ1) is 9.56. The molecule has 1 aromatic rings. The average Bonchev–Trinajstić information content (AvgIpc) is 2.45. The summed E-state index contributed by atoms with van der Waals surface area (Å²) in [5.41, 5.74) is 5.32. The number of urea groups is 1. The van der Waals surface area contributed by atoms with Crippen molar-refractivity contribution in [2.75, 3.05) is 19.6 Å². The Morgan fingerprint density at radius 3 is 2.90 bits per heavy atom. The Labute approximate surface area is 121 Å². The van der Waals surface area contributed by atoms with Crippen LogP contribution in [0.5, 0.6) is 0 Å². The summed E-state index contributed by atoms with van der Waals surface area (Å²) in [5, 5.41) is 10.3. The number of carbonyl (C=O) groups excluding carboxylic acids is 2. The number of rotatable bonds is 3. The Balaban J connectivity index is 1.96. The van der Waals surface area contributed by atoms with E-state index in [1.807, 2.05) is 0 Å². The van der Waals surface area contributed by atoms with Crippen molar-refractivity contribution >= 4 is 23.5 Å². The van der Waals surface area contributed by atoms with E-state index in [4.69, 9.17) is 17.3 Å². The molecule has 3 amide bonds. The zero-order chi connectivity index (χ0) is 14.5. The number of halogens is 1. The van der Waals surface area contributed by atoms with Gasteiger partial charge >= 0.3 is 6.03 Å². The molecular formula is C12H16ClN5O2. The number of hydrogen-bond acceptors (Lipinski definition) is 4. The summed E-state index contributed by atoms with van der Waals surface area (Å²) in [6, 6.07) is 2.55. The van der Waals surface area contributed by atoms with E-state index in [0.29, 0.717) is 19.6 Å². The number of likely N-dealkylation sites (tertiary alicyclic amines) is 1. The number of carbonyl (C=O) groups is 2. The molecule has 1 unspecified atom stereocenters. The predicted octanol–water partition coefficient (Wildman–Crippen LogP) is 0.650. The van der Waals surface area contributed by atoms with Gasteiger partial charge in [0.25, 0.3) is 5.91 Å². The Kier molecular flexibility index (Phi) is 4.73. The van der Waals surface area contributed by atoms with Crippen LogP contribution < -0.4 is 11.1 Å². The van der Waals surface area contributed by atoms with Gasteiger partial charge in [0.1, 0.15) is 0 Å². The zero-order valence-corrected chi connectivity index (χ0v) is 11.6. The van der Waals surface area contributed by atoms with Crippen molar-refractivity contribution in [1.29, 1.82) is 0 Å². The molecule has 20 heavy (non-hydrogen) atoms. The van der Waals surface area contributed by atoms with Crippen LogP contribution in [0.4, 0.5) is 4.79 Å². The Morgan fingerprint density at radius 1 is 1.45 bits per heavy atom. The first-order valence-corrected chi connectivity index (χ1v) is 6.76. The van der Waals surface area contributed by atoms with Crippen molar-refractivity contribution in [3.8, 4) is 0 Å². The van der Waals surface area contributed by atoms with Gasteiger partial charge in [-0.2, -0.15) is 0 Å². The van der Waals surface area contributed by atoms with Crippen molar-refractivity contribution in [1.82, 2.24) is 20.4 Å². The minimum atomic E-state index is -0.544. The Bertz CT molecular complexity index is 493. The first kappa shape index (κ1) is 14.5. The molecule has 7 nitrogen and oxygen atoms in total. The van der Waals surface area contributed by atoms with Crippen LogP contribution in [0.2, 0.25) is 5.15 Å². The van der Waals surface area contributed by atoms with Gasteiger partial charge in [-0.25, -0.2) is 4.79 Å². The van der Waals surface area contributed by atoms with Gasteiger partial charge in [-0.1, -0.05) is 11.6 Å². The third kappa shape index (κ3) is 3.80. The van der Waals surface area contributed by atoms with Crippen LogP contribution in [-0.4, -0.2) is 46.7 Å². The molecule has 0 aliphatic carbocycles. The van der Waals surface area contributed by atoms with Crippen LogP contribution in [0.3, 0.4) is 0 Å². The molecule has 1 fully saturated rings. The number of aromatic nitrogens is 2. The molecule has 2 rings (SSSR count). The molecule has 8 heteroatoms. The molecule has 0 aromatic carbocycles. The van der Waals surface area contributed by atoms with Crippen molar-refractivity contribution in [3.05, 3.63) is 23.0 Å². The lowest BCUT2D eigenvalue weighted by Gasteiger charge is -2.32. The van der Waals surface area contributed by atoms with Gasteiger partial charge in [-0.3, -0.25) is 4.79 Å². The number of amides is 3. The fourth-order valence-electron chi connectivity index (χ4n) is 2.25. The molecule has 0 bridgehead atoms. The molecule has 1 saturated heterocycles. The number of nitrogens with two attached hydrogens (primary N) is 1. The monoisotopic (exact) mass is 297 g/mol. The van der Waals surface area contributed by atoms with Gasteiger partial charge in [-0.15, -0.1) is 10.2 Å². The molecule has 108 valence electrons. The Morgan fingerprint density at radius 2 is 2.25 bits per heavy atom. The summed E-state index contributed by atoms with van der Waals surface area (Å²) in [4.78, 5) is 24.7. The van der Waals surface area contributed by atoms with Crippen molar-refractivity contribution in [2.24, 2.45) is 11.7 Å². The summed E-state index contributed by atoms with van der Waals surface area (Å²) in [6.45, 7) is 1.73. The maximum Gasteiger partial charge on any atom is 0.312 e. The number of primary amides is 1. The van der Waals surface area contributed by atoms with E-state index in [1.54, 1.807) is 11.0 Å². The van der Waals surface area contributed by atoms with E-state index in [2.05, 4.69) is 15.5 Å². The van der Waals surface area contributed by atoms with E-state index in [9.17, 15) is 9.59 Å². The lowest BCUT2D eigenvalue weighted by atomic mass is 9.98. The molecule has 0 radical (unpaired) electrons. The Hall–Kier alpha value is -1.89. The highest BCUT2D eigenvalue weighted by Crippen LogP contribution is 2.17. The molecule has 1 aliphatic heterocycles. The minimum Gasteiger partial charge on any atom is -0.352 e. The van der Waals surface area contributed by atoms with Crippen molar-refractivity contribution in [3.63, 3.8) is 0 Å². The van der Waals surface area contributed by atoms with E-state index < -0.39 is 6.03 Å². The normalized spacial score (nSPS) is 18.6. The number of piperidine rings is 1.